The molecule has 4 heteroatoms. The number of amides is 1. The molecular weight excluding hydrogens is 192 g/mol. The number of nitrogens with two attached hydrogens (primary N) is 1. The zero-order chi connectivity index (χ0) is 11.0. The monoisotopic (exact) mass is 206 g/mol. The normalized spacial score (nSPS) is 18.9. The molecule has 0 aromatic heterocycles. The van der Waals surface area contributed by atoms with Crippen molar-refractivity contribution in [2.45, 2.75) is 13.0 Å². The molecule has 0 spiro atoms. The minimum Gasteiger partial charge on any atom is -0.495 e. The Kier molecular flexibility index (Phi) is 2.36. The lowest BCUT2D eigenvalue weighted by Crippen LogP contribution is -2.38. The molecule has 80 valence electrons. The van der Waals surface area contributed by atoms with Crippen LogP contribution in [0.4, 0.5) is 5.69 Å². The zero-order valence-corrected chi connectivity index (χ0v) is 8.86. The second-order valence-electron chi connectivity index (χ2n) is 3.67. The Labute approximate surface area is 88.6 Å². The van der Waals surface area contributed by atoms with Gasteiger partial charge in [0.2, 0.25) is 5.91 Å². The van der Waals surface area contributed by atoms with E-state index in [-0.39, 0.29) is 11.9 Å². The number of hydrogen-bond donors (Lipinski definition) is 1. The molecule has 1 aromatic rings. The van der Waals surface area contributed by atoms with E-state index < -0.39 is 0 Å². The van der Waals surface area contributed by atoms with Gasteiger partial charge >= 0.3 is 0 Å². The fourth-order valence-electron chi connectivity index (χ4n) is 1.85. The maximum absolute atomic E-state index is 11.4. The summed E-state index contributed by atoms with van der Waals surface area (Å²) in [5.74, 6) is 0.696. The quantitative estimate of drug-likeness (QED) is 0.747. The van der Waals surface area contributed by atoms with Crippen LogP contribution in [0.3, 0.4) is 0 Å². The summed E-state index contributed by atoms with van der Waals surface area (Å²) in [6.45, 7) is 2.05. The van der Waals surface area contributed by atoms with Crippen molar-refractivity contribution in [1.82, 2.24) is 0 Å². The van der Waals surface area contributed by atoms with E-state index in [1.807, 2.05) is 18.2 Å². The summed E-state index contributed by atoms with van der Waals surface area (Å²) in [5.41, 5.74) is 7.78. The molecule has 1 unspecified atom stereocenters. The molecule has 1 aliphatic heterocycles. The molecule has 1 aromatic carbocycles. The summed E-state index contributed by atoms with van der Waals surface area (Å²) >= 11 is 0. The molecule has 1 amide bonds. The molecule has 0 radical (unpaired) electrons. The van der Waals surface area contributed by atoms with E-state index in [4.69, 9.17) is 10.5 Å². The summed E-state index contributed by atoms with van der Waals surface area (Å²) in [6.07, 6.45) is 0. The second-order valence-corrected chi connectivity index (χ2v) is 3.67. The minimum absolute atomic E-state index is 0.0133. The second kappa shape index (κ2) is 3.55. The molecule has 2 N–H and O–H groups in total. The van der Waals surface area contributed by atoms with Crippen molar-refractivity contribution in [3.05, 3.63) is 23.8 Å². The third kappa shape index (κ3) is 1.57. The number of benzene rings is 1. The third-order valence-electron chi connectivity index (χ3n) is 2.68. The highest BCUT2D eigenvalue weighted by atomic mass is 16.5. The van der Waals surface area contributed by atoms with Gasteiger partial charge in [0.25, 0.3) is 0 Å². The molecule has 0 saturated heterocycles. The van der Waals surface area contributed by atoms with Crippen LogP contribution in [0.15, 0.2) is 18.2 Å². The number of nitrogens with zero attached hydrogens (tertiary/aromatic N) is 1. The van der Waals surface area contributed by atoms with E-state index in [1.54, 1.807) is 12.0 Å². The van der Waals surface area contributed by atoms with Crippen molar-refractivity contribution in [3.63, 3.8) is 0 Å². The van der Waals surface area contributed by atoms with Crippen LogP contribution in [0.5, 0.6) is 5.75 Å². The molecule has 4 nitrogen and oxygen atoms in total. The Bertz CT molecular complexity index is 404. The highest BCUT2D eigenvalue weighted by molar-refractivity contribution is 5.94. The lowest BCUT2D eigenvalue weighted by Gasteiger charge is -2.31. The molecule has 0 aliphatic carbocycles. The minimum atomic E-state index is -0.104. The average Bonchev–Trinajstić information content (AvgIpc) is 2.23. The van der Waals surface area contributed by atoms with Gasteiger partial charge in [0.05, 0.1) is 12.8 Å². The number of carbonyl (C=O) groups excluding carboxylic acids is 1. The Morgan fingerprint density at radius 3 is 2.93 bits per heavy atom. The number of anilines is 1. The van der Waals surface area contributed by atoms with Gasteiger partial charge in [-0.25, -0.2) is 0 Å². The molecule has 15 heavy (non-hydrogen) atoms. The van der Waals surface area contributed by atoms with E-state index in [9.17, 15) is 4.79 Å². The summed E-state index contributed by atoms with van der Waals surface area (Å²) in [4.78, 5) is 13.1. The van der Waals surface area contributed by atoms with Gasteiger partial charge in [0.1, 0.15) is 5.75 Å². The fraction of sp³-hybridized carbons (Fsp3) is 0.364. The van der Waals surface area contributed by atoms with Gasteiger partial charge in [-0.2, -0.15) is 0 Å². The van der Waals surface area contributed by atoms with Gasteiger partial charge in [0.15, 0.2) is 0 Å². The molecule has 0 fully saturated rings. The van der Waals surface area contributed by atoms with Gasteiger partial charge in [0, 0.05) is 19.5 Å². The summed E-state index contributed by atoms with van der Waals surface area (Å²) in [6, 6.07) is 5.59. The number of fused-ring (bicyclic) bond motifs is 2. The van der Waals surface area contributed by atoms with Crippen LogP contribution in [0.25, 0.3) is 0 Å². The maximum Gasteiger partial charge on any atom is 0.224 e. The highest BCUT2D eigenvalue weighted by Gasteiger charge is 2.25. The van der Waals surface area contributed by atoms with Gasteiger partial charge in [-0.15, -0.1) is 0 Å². The van der Waals surface area contributed by atoms with Crippen molar-refractivity contribution in [2.75, 3.05) is 18.6 Å². The smallest absolute Gasteiger partial charge is 0.224 e. The molecule has 2 bridgehead atoms. The van der Waals surface area contributed by atoms with Crippen molar-refractivity contribution in [1.29, 1.82) is 0 Å². The third-order valence-corrected chi connectivity index (χ3v) is 2.68. The Balaban J connectivity index is 2.52. The lowest BCUT2D eigenvalue weighted by atomic mass is 10.0. The summed E-state index contributed by atoms with van der Waals surface area (Å²) < 4.78 is 5.21. The first-order chi connectivity index (χ1) is 7.13. The predicted octanol–water partition coefficient (Wildman–Crippen LogP) is 1.06. The Morgan fingerprint density at radius 1 is 1.60 bits per heavy atom. The first kappa shape index (κ1) is 9.98. The van der Waals surface area contributed by atoms with Gasteiger partial charge in [-0.3, -0.25) is 4.79 Å². The number of rotatable bonds is 1. The standard InChI is InChI=1S/C11H14N2O2/c1-7(14)13-6-9(12)8-3-4-11(15-2)10(13)5-8/h3-5,9H,6,12H2,1-2H3. The van der Waals surface area contributed by atoms with E-state index in [2.05, 4.69) is 0 Å². The van der Waals surface area contributed by atoms with Gasteiger partial charge < -0.3 is 15.4 Å². The van der Waals surface area contributed by atoms with Crippen LogP contribution in [0, 0.1) is 0 Å². The first-order valence-electron chi connectivity index (χ1n) is 4.85. The van der Waals surface area contributed by atoms with Crippen LogP contribution >= 0.6 is 0 Å². The van der Waals surface area contributed by atoms with E-state index in [0.717, 1.165) is 11.3 Å². The SMILES string of the molecule is COc1ccc2cc1N(C(C)=O)CC2N. The topological polar surface area (TPSA) is 55.6 Å². The van der Waals surface area contributed by atoms with Gasteiger partial charge in [-0.1, -0.05) is 6.07 Å². The average molecular weight is 206 g/mol. The van der Waals surface area contributed by atoms with E-state index in [1.165, 1.54) is 6.92 Å². The van der Waals surface area contributed by atoms with Crippen LogP contribution in [-0.2, 0) is 4.79 Å². The van der Waals surface area contributed by atoms with Crippen molar-refractivity contribution in [3.8, 4) is 5.75 Å². The fourth-order valence-corrected chi connectivity index (χ4v) is 1.85. The van der Waals surface area contributed by atoms with Crippen molar-refractivity contribution in [2.24, 2.45) is 5.73 Å². The Hall–Kier alpha value is -1.55. The van der Waals surface area contributed by atoms with E-state index >= 15 is 0 Å². The summed E-state index contributed by atoms with van der Waals surface area (Å²) in [5, 5.41) is 0. The molecule has 1 heterocycles. The Morgan fingerprint density at radius 2 is 2.33 bits per heavy atom. The zero-order valence-electron chi connectivity index (χ0n) is 8.86. The van der Waals surface area contributed by atoms with Crippen molar-refractivity contribution < 1.29 is 9.53 Å². The number of hydrogen-bond acceptors (Lipinski definition) is 3. The van der Waals surface area contributed by atoms with E-state index in [0.29, 0.717) is 12.3 Å². The van der Waals surface area contributed by atoms with Gasteiger partial charge in [-0.05, 0) is 17.7 Å². The maximum atomic E-state index is 11.4. The number of ether oxygens (including phenoxy) is 1. The lowest BCUT2D eigenvalue weighted by molar-refractivity contribution is -0.116. The summed E-state index contributed by atoms with van der Waals surface area (Å²) in [7, 11) is 1.60. The van der Waals surface area contributed by atoms with Crippen LogP contribution in [-0.4, -0.2) is 19.6 Å². The molecule has 0 saturated carbocycles. The van der Waals surface area contributed by atoms with Crippen molar-refractivity contribution >= 4 is 11.6 Å². The van der Waals surface area contributed by atoms with Crippen LogP contribution in [0.2, 0.25) is 0 Å². The largest absolute Gasteiger partial charge is 0.495 e. The highest BCUT2D eigenvalue weighted by Crippen LogP contribution is 2.35. The molecular formula is C11H14N2O2. The predicted molar refractivity (Wildman–Crippen MR) is 57.9 cm³/mol. The molecule has 1 atom stereocenters. The molecule has 1 aliphatic rings. The first-order valence-corrected chi connectivity index (χ1v) is 4.85. The van der Waals surface area contributed by atoms with Crippen LogP contribution in [0.1, 0.15) is 18.5 Å². The number of carbonyl (C=O) groups is 1. The number of methoxy groups -OCH3 is 1. The van der Waals surface area contributed by atoms with Crippen LogP contribution < -0.4 is 15.4 Å². The molecule has 2 rings (SSSR count).